The minimum absolute atomic E-state index is 0.0802. The number of hydrogen-bond acceptors (Lipinski definition) is 6. The Morgan fingerprint density at radius 1 is 0.939 bits per heavy atom. The van der Waals surface area contributed by atoms with Gasteiger partial charge >= 0.3 is 0 Å². The molecule has 0 fully saturated rings. The minimum atomic E-state index is -0.419. The fraction of sp³-hybridized carbons (Fsp3) is 0.192. The number of benzene rings is 2. The van der Waals surface area contributed by atoms with Gasteiger partial charge in [0, 0.05) is 6.20 Å². The number of rotatable bonds is 9. The van der Waals surface area contributed by atoms with Gasteiger partial charge in [0.25, 0.3) is 11.8 Å². The zero-order chi connectivity index (χ0) is 23.2. The molecule has 0 saturated carbocycles. The van der Waals surface area contributed by atoms with Crippen molar-refractivity contribution in [3.8, 4) is 11.5 Å². The number of carbonyl (C=O) groups excluding carboxylic acids is 2. The number of amides is 2. The van der Waals surface area contributed by atoms with Gasteiger partial charge in [-0.05, 0) is 48.4 Å². The van der Waals surface area contributed by atoms with E-state index >= 15 is 0 Å². The van der Waals surface area contributed by atoms with Crippen LogP contribution in [0.25, 0.3) is 5.57 Å². The molecule has 0 radical (unpaired) electrons. The second kappa shape index (κ2) is 9.99. The average molecular weight is 444 g/mol. The number of aromatic nitrogens is 1. The molecule has 2 heterocycles. The fourth-order valence-electron chi connectivity index (χ4n) is 3.58. The van der Waals surface area contributed by atoms with Crippen LogP contribution in [-0.4, -0.2) is 35.4 Å². The van der Waals surface area contributed by atoms with Crippen molar-refractivity contribution in [1.29, 1.82) is 0 Å². The van der Waals surface area contributed by atoms with Crippen LogP contribution in [0.15, 0.2) is 78.6 Å². The van der Waals surface area contributed by atoms with Crippen LogP contribution in [0.2, 0.25) is 0 Å². The summed E-state index contributed by atoms with van der Waals surface area (Å²) in [5.41, 5.74) is 2.33. The third-order valence-corrected chi connectivity index (χ3v) is 5.20. The lowest BCUT2D eigenvalue weighted by Crippen LogP contribution is -2.32. The first-order valence-electron chi connectivity index (χ1n) is 10.8. The van der Waals surface area contributed by atoms with Crippen LogP contribution in [0.3, 0.4) is 0 Å². The van der Waals surface area contributed by atoms with Gasteiger partial charge in [-0.3, -0.25) is 19.5 Å². The van der Waals surface area contributed by atoms with Crippen molar-refractivity contribution in [3.63, 3.8) is 0 Å². The summed E-state index contributed by atoms with van der Waals surface area (Å²) in [5, 5.41) is 3.14. The lowest BCUT2D eigenvalue weighted by Gasteiger charge is -2.15. The molecule has 0 aliphatic carbocycles. The Balaban J connectivity index is 1.72. The van der Waals surface area contributed by atoms with Crippen molar-refractivity contribution < 1.29 is 19.1 Å². The van der Waals surface area contributed by atoms with Crippen molar-refractivity contribution in [2.75, 3.05) is 19.0 Å². The fourth-order valence-corrected chi connectivity index (χ4v) is 3.58. The molecular weight excluding hydrogens is 418 g/mol. The monoisotopic (exact) mass is 443 g/mol. The first-order chi connectivity index (χ1) is 16.1. The molecule has 2 amide bonds. The van der Waals surface area contributed by atoms with E-state index in [1.54, 1.807) is 61.8 Å². The molecule has 4 rings (SSSR count). The van der Waals surface area contributed by atoms with Gasteiger partial charge in [0.05, 0.1) is 37.2 Å². The third-order valence-electron chi connectivity index (χ3n) is 5.20. The van der Waals surface area contributed by atoms with E-state index in [2.05, 4.69) is 10.3 Å². The lowest BCUT2D eigenvalue weighted by molar-refractivity contribution is -0.137. The molecule has 168 valence electrons. The summed E-state index contributed by atoms with van der Waals surface area (Å²) in [6.45, 7) is 2.72. The first-order valence-corrected chi connectivity index (χ1v) is 10.8. The van der Waals surface area contributed by atoms with Gasteiger partial charge < -0.3 is 14.8 Å². The van der Waals surface area contributed by atoms with Crippen molar-refractivity contribution in [1.82, 2.24) is 9.88 Å². The molecule has 33 heavy (non-hydrogen) atoms. The summed E-state index contributed by atoms with van der Waals surface area (Å²) < 4.78 is 11.1. The second-order valence-corrected chi connectivity index (χ2v) is 7.47. The molecule has 0 atom stereocenters. The molecular formula is C26H25N3O4. The van der Waals surface area contributed by atoms with Gasteiger partial charge in [0.1, 0.15) is 17.2 Å². The molecule has 7 heteroatoms. The van der Waals surface area contributed by atoms with Crippen LogP contribution in [0.4, 0.5) is 5.69 Å². The number of ether oxygens (including phenoxy) is 2. The Hall–Kier alpha value is -4.13. The van der Waals surface area contributed by atoms with Crippen molar-refractivity contribution in [3.05, 3.63) is 89.9 Å². The zero-order valence-electron chi connectivity index (χ0n) is 18.6. The summed E-state index contributed by atoms with van der Waals surface area (Å²) in [7, 11) is 1.56. The predicted molar refractivity (Wildman–Crippen MR) is 126 cm³/mol. The van der Waals surface area contributed by atoms with Crippen LogP contribution in [-0.2, 0) is 16.1 Å². The maximum atomic E-state index is 13.4. The highest BCUT2D eigenvalue weighted by molar-refractivity contribution is 6.36. The number of para-hydroxylation sites is 2. The number of pyridine rings is 1. The van der Waals surface area contributed by atoms with Crippen LogP contribution in [0.5, 0.6) is 11.5 Å². The highest BCUT2D eigenvalue weighted by Gasteiger charge is 2.39. The largest absolute Gasteiger partial charge is 0.495 e. The van der Waals surface area contributed by atoms with Crippen LogP contribution in [0.1, 0.15) is 24.6 Å². The first kappa shape index (κ1) is 22.1. The maximum absolute atomic E-state index is 13.4. The minimum Gasteiger partial charge on any atom is -0.495 e. The zero-order valence-corrected chi connectivity index (χ0v) is 18.6. The molecule has 0 spiro atoms. The molecule has 0 bridgehead atoms. The third kappa shape index (κ3) is 4.72. The average Bonchev–Trinajstić information content (AvgIpc) is 3.08. The molecule has 1 N–H and O–H groups in total. The summed E-state index contributed by atoms with van der Waals surface area (Å²) in [6, 6.07) is 19.8. The Kier molecular flexibility index (Phi) is 6.69. The molecule has 0 unspecified atom stereocenters. The standard InChI is InChI=1S/C26H25N3O4/c1-3-16-33-20-13-11-18(12-14-20)23-24(28-21-9-4-5-10-22(21)32-2)26(31)29(25(23)30)17-19-8-6-7-15-27-19/h4-15,28H,3,16-17H2,1-2H3. The van der Waals surface area contributed by atoms with E-state index in [1.807, 2.05) is 25.1 Å². The number of carbonyl (C=O) groups is 2. The molecule has 1 aliphatic rings. The highest BCUT2D eigenvalue weighted by Crippen LogP contribution is 2.34. The summed E-state index contributed by atoms with van der Waals surface area (Å²) in [5.74, 6) is 0.474. The van der Waals surface area contributed by atoms with Gasteiger partial charge in [0.2, 0.25) is 0 Å². The predicted octanol–water partition coefficient (Wildman–Crippen LogP) is 4.27. The molecule has 0 saturated heterocycles. The number of imide groups is 1. The van der Waals surface area contributed by atoms with Crippen LogP contribution < -0.4 is 14.8 Å². The molecule has 1 aliphatic heterocycles. The molecule has 7 nitrogen and oxygen atoms in total. The van der Waals surface area contributed by atoms with Gasteiger partial charge in [-0.15, -0.1) is 0 Å². The van der Waals surface area contributed by atoms with Gasteiger partial charge in [-0.25, -0.2) is 0 Å². The van der Waals surface area contributed by atoms with Crippen molar-refractivity contribution in [2.45, 2.75) is 19.9 Å². The summed E-state index contributed by atoms with van der Waals surface area (Å²) >= 11 is 0. The number of methoxy groups -OCH3 is 1. The smallest absolute Gasteiger partial charge is 0.278 e. The number of anilines is 1. The van der Waals surface area contributed by atoms with E-state index < -0.39 is 5.91 Å². The molecule has 3 aromatic rings. The SMILES string of the molecule is CCCOc1ccc(C2=C(Nc3ccccc3OC)C(=O)N(Cc3ccccn3)C2=O)cc1. The van der Waals surface area contributed by atoms with E-state index in [-0.39, 0.29) is 18.1 Å². The lowest BCUT2D eigenvalue weighted by atomic mass is 10.0. The highest BCUT2D eigenvalue weighted by atomic mass is 16.5. The Bertz CT molecular complexity index is 1170. The normalized spacial score (nSPS) is 13.5. The molecule has 2 aromatic carbocycles. The Morgan fingerprint density at radius 3 is 2.39 bits per heavy atom. The van der Waals surface area contributed by atoms with Crippen molar-refractivity contribution >= 4 is 23.1 Å². The van der Waals surface area contributed by atoms with Crippen LogP contribution >= 0.6 is 0 Å². The van der Waals surface area contributed by atoms with Gasteiger partial charge in [-0.1, -0.05) is 37.3 Å². The quantitative estimate of drug-likeness (QED) is 0.498. The Labute approximate surface area is 192 Å². The number of nitrogens with zero attached hydrogens (tertiary/aromatic N) is 2. The molecule has 1 aromatic heterocycles. The summed E-state index contributed by atoms with van der Waals surface area (Å²) in [6.07, 6.45) is 2.53. The van der Waals surface area contributed by atoms with E-state index in [0.717, 1.165) is 6.42 Å². The van der Waals surface area contributed by atoms with Gasteiger partial charge in [0.15, 0.2) is 0 Å². The van der Waals surface area contributed by atoms with Crippen LogP contribution in [0, 0.1) is 0 Å². The number of hydrogen-bond donors (Lipinski definition) is 1. The number of nitrogens with one attached hydrogen (secondary N) is 1. The Morgan fingerprint density at radius 2 is 1.70 bits per heavy atom. The van der Waals surface area contributed by atoms with E-state index in [9.17, 15) is 9.59 Å². The van der Waals surface area contributed by atoms with E-state index in [1.165, 1.54) is 4.90 Å². The maximum Gasteiger partial charge on any atom is 0.278 e. The second-order valence-electron chi connectivity index (χ2n) is 7.47. The van der Waals surface area contributed by atoms with E-state index in [0.29, 0.717) is 40.6 Å². The topological polar surface area (TPSA) is 80.8 Å². The van der Waals surface area contributed by atoms with Gasteiger partial charge in [-0.2, -0.15) is 0 Å². The summed E-state index contributed by atoms with van der Waals surface area (Å²) in [4.78, 5) is 32.3. The van der Waals surface area contributed by atoms with Crippen molar-refractivity contribution in [2.24, 2.45) is 0 Å². The van der Waals surface area contributed by atoms with E-state index in [4.69, 9.17) is 9.47 Å².